The van der Waals surface area contributed by atoms with Gasteiger partial charge >= 0.3 is 0 Å². The zero-order valence-corrected chi connectivity index (χ0v) is 19.8. The Hall–Kier alpha value is -3.42. The third kappa shape index (κ3) is 6.78. The van der Waals surface area contributed by atoms with Crippen molar-refractivity contribution in [3.8, 4) is 0 Å². The summed E-state index contributed by atoms with van der Waals surface area (Å²) in [4.78, 5) is 11.1. The number of fused-ring (bicyclic) bond motifs is 1. The van der Waals surface area contributed by atoms with E-state index in [1.165, 1.54) is 42.2 Å². The van der Waals surface area contributed by atoms with Gasteiger partial charge in [-0.05, 0) is 73.8 Å². The van der Waals surface area contributed by atoms with Crippen molar-refractivity contribution in [2.75, 3.05) is 39.5 Å². The monoisotopic (exact) mass is 445 g/mol. The molecule has 0 atom stereocenters. The van der Waals surface area contributed by atoms with Gasteiger partial charge in [-0.15, -0.1) is 0 Å². The van der Waals surface area contributed by atoms with Gasteiger partial charge in [0.25, 0.3) is 0 Å². The fourth-order valence-electron chi connectivity index (χ4n) is 3.87. The summed E-state index contributed by atoms with van der Waals surface area (Å²) >= 11 is 0. The lowest BCUT2D eigenvalue weighted by atomic mass is 9.92. The minimum atomic E-state index is 0.629. The Kier molecular flexibility index (Phi) is 8.40. The molecule has 5 N–H and O–H groups in total. The maximum absolute atomic E-state index is 5.97. The Balaban J connectivity index is 0.000000189. The number of hydrogen-bond acceptors (Lipinski definition) is 7. The summed E-state index contributed by atoms with van der Waals surface area (Å²) in [6.07, 6.45) is 9.75. The van der Waals surface area contributed by atoms with E-state index in [4.69, 9.17) is 11.6 Å². The summed E-state index contributed by atoms with van der Waals surface area (Å²) < 4.78 is 0. The van der Waals surface area contributed by atoms with Crippen molar-refractivity contribution in [1.29, 1.82) is 0 Å². The van der Waals surface area contributed by atoms with Crippen LogP contribution in [0.25, 0.3) is 22.5 Å². The highest BCUT2D eigenvalue weighted by Gasteiger charge is 2.19. The molecule has 0 unspecified atom stereocenters. The molecule has 7 nitrogen and oxygen atoms in total. The zero-order chi connectivity index (χ0) is 23.8. The van der Waals surface area contributed by atoms with Crippen LogP contribution in [0, 0.1) is 0 Å². The Bertz CT molecular complexity index is 1100. The predicted molar refractivity (Wildman–Crippen MR) is 139 cm³/mol. The fraction of sp³-hybridized carbons (Fsp3) is 0.308. The first-order valence-corrected chi connectivity index (χ1v) is 11.2. The quantitative estimate of drug-likeness (QED) is 0.405. The summed E-state index contributed by atoms with van der Waals surface area (Å²) in [6, 6.07) is 12.1. The second-order valence-corrected chi connectivity index (χ2v) is 8.43. The van der Waals surface area contributed by atoms with Crippen LogP contribution in [-0.4, -0.2) is 54.1 Å². The van der Waals surface area contributed by atoms with E-state index >= 15 is 0 Å². The van der Waals surface area contributed by atoms with Crippen LogP contribution in [0.4, 0.5) is 5.82 Å². The smallest absolute Gasteiger partial charge is 0.126 e. The third-order valence-corrected chi connectivity index (χ3v) is 5.83. The number of aromatic nitrogens is 2. The molecule has 1 aliphatic rings. The van der Waals surface area contributed by atoms with E-state index < -0.39 is 0 Å². The lowest BCUT2D eigenvalue weighted by Gasteiger charge is -2.28. The second kappa shape index (κ2) is 11.4. The van der Waals surface area contributed by atoms with E-state index in [1.807, 2.05) is 55.8 Å². The van der Waals surface area contributed by atoms with Gasteiger partial charge in [0.05, 0.1) is 5.70 Å². The molecule has 1 aliphatic heterocycles. The van der Waals surface area contributed by atoms with E-state index in [1.54, 1.807) is 13.2 Å². The molecule has 33 heavy (non-hydrogen) atoms. The van der Waals surface area contributed by atoms with Crippen LogP contribution < -0.4 is 16.9 Å². The first kappa shape index (κ1) is 24.2. The van der Waals surface area contributed by atoms with E-state index in [-0.39, 0.29) is 0 Å². The van der Waals surface area contributed by atoms with Gasteiger partial charge < -0.3 is 21.0 Å². The molecule has 7 heteroatoms. The van der Waals surface area contributed by atoms with E-state index in [0.29, 0.717) is 11.6 Å². The fourth-order valence-corrected chi connectivity index (χ4v) is 3.87. The average molecular weight is 446 g/mol. The normalized spacial score (nSPS) is 15.0. The van der Waals surface area contributed by atoms with Crippen molar-refractivity contribution in [2.45, 2.75) is 18.8 Å². The van der Waals surface area contributed by atoms with E-state index in [0.717, 1.165) is 22.2 Å². The van der Waals surface area contributed by atoms with Gasteiger partial charge in [0, 0.05) is 49.7 Å². The molecule has 1 saturated heterocycles. The number of hydrazine groups is 1. The van der Waals surface area contributed by atoms with Gasteiger partial charge in [-0.3, -0.25) is 4.98 Å². The minimum Gasteiger partial charge on any atom is -0.397 e. The first-order chi connectivity index (χ1) is 15.9. The van der Waals surface area contributed by atoms with Crippen molar-refractivity contribution in [1.82, 2.24) is 19.9 Å². The number of anilines is 1. The van der Waals surface area contributed by atoms with Crippen LogP contribution in [0.2, 0.25) is 0 Å². The molecule has 0 aliphatic carbocycles. The molecule has 0 spiro atoms. The molecule has 1 fully saturated rings. The molecular formula is C26H35N7. The SMILES string of the molecule is C=Cc1ccnc(C2CCN(C)CC2)c1.CNc1cc2cc(/C(N)=C/N(C)N)ccc2cn1. The lowest BCUT2D eigenvalue weighted by Crippen LogP contribution is -2.29. The van der Waals surface area contributed by atoms with Gasteiger partial charge in [0.2, 0.25) is 0 Å². The van der Waals surface area contributed by atoms with Crippen molar-refractivity contribution >= 4 is 28.4 Å². The Labute approximate surface area is 196 Å². The molecule has 0 radical (unpaired) electrons. The summed E-state index contributed by atoms with van der Waals surface area (Å²) in [5, 5.41) is 6.61. The van der Waals surface area contributed by atoms with Gasteiger partial charge in [-0.25, -0.2) is 10.8 Å². The topological polar surface area (TPSA) is 96.3 Å². The number of rotatable bonds is 5. The van der Waals surface area contributed by atoms with Crippen LogP contribution in [0.1, 0.15) is 35.6 Å². The summed E-state index contributed by atoms with van der Waals surface area (Å²) in [7, 11) is 5.76. The van der Waals surface area contributed by atoms with Gasteiger partial charge in [-0.1, -0.05) is 24.8 Å². The number of nitrogens with zero attached hydrogens (tertiary/aromatic N) is 4. The number of likely N-dealkylation sites (tertiary alicyclic amines) is 1. The molecule has 2 aromatic heterocycles. The molecule has 0 bridgehead atoms. The Morgan fingerprint density at radius 1 is 1.15 bits per heavy atom. The number of hydrogen-bond donors (Lipinski definition) is 3. The Morgan fingerprint density at radius 3 is 2.58 bits per heavy atom. The van der Waals surface area contributed by atoms with E-state index in [2.05, 4.69) is 39.9 Å². The molecule has 4 rings (SSSR count). The van der Waals surface area contributed by atoms with Crippen LogP contribution in [0.5, 0.6) is 0 Å². The molecule has 0 saturated carbocycles. The highest BCUT2D eigenvalue weighted by Crippen LogP contribution is 2.26. The maximum Gasteiger partial charge on any atom is 0.126 e. The van der Waals surface area contributed by atoms with Crippen molar-refractivity contribution in [3.63, 3.8) is 0 Å². The van der Waals surface area contributed by atoms with Gasteiger partial charge in [0.1, 0.15) is 5.82 Å². The average Bonchev–Trinajstić information content (AvgIpc) is 2.83. The first-order valence-electron chi connectivity index (χ1n) is 11.2. The minimum absolute atomic E-state index is 0.629. The van der Waals surface area contributed by atoms with Crippen LogP contribution in [0.3, 0.4) is 0 Å². The number of benzene rings is 1. The number of pyridine rings is 2. The molecular weight excluding hydrogens is 410 g/mol. The maximum atomic E-state index is 5.97. The van der Waals surface area contributed by atoms with Crippen molar-refractivity contribution in [2.24, 2.45) is 11.6 Å². The molecule has 174 valence electrons. The largest absolute Gasteiger partial charge is 0.397 e. The summed E-state index contributed by atoms with van der Waals surface area (Å²) in [6.45, 7) is 6.16. The lowest BCUT2D eigenvalue weighted by molar-refractivity contribution is 0.253. The highest BCUT2D eigenvalue weighted by molar-refractivity contribution is 5.87. The number of piperidine rings is 1. The van der Waals surface area contributed by atoms with Gasteiger partial charge in [0.15, 0.2) is 0 Å². The molecule has 0 amide bonds. The zero-order valence-electron chi connectivity index (χ0n) is 19.8. The van der Waals surface area contributed by atoms with Crippen LogP contribution in [-0.2, 0) is 0 Å². The van der Waals surface area contributed by atoms with Crippen LogP contribution >= 0.6 is 0 Å². The second-order valence-electron chi connectivity index (χ2n) is 8.43. The van der Waals surface area contributed by atoms with Crippen LogP contribution in [0.15, 0.2) is 61.6 Å². The van der Waals surface area contributed by atoms with Crippen molar-refractivity contribution < 1.29 is 0 Å². The van der Waals surface area contributed by atoms with Gasteiger partial charge in [-0.2, -0.15) is 0 Å². The summed E-state index contributed by atoms with van der Waals surface area (Å²) in [5.74, 6) is 7.02. The standard InChI is InChI=1S/C13H17N5.C13H18N2/c1-16-13-6-11-5-9(12(14)8-18(2)15)3-4-10(11)7-17-13;1-3-11-4-7-14-13(10-11)12-5-8-15(2)9-6-12/h3-8H,14-15H2,1-2H3,(H,16,17);3-4,7,10,12H,1,5-6,8-9H2,2H3/b12-8-;. The third-order valence-electron chi connectivity index (χ3n) is 5.83. The molecule has 3 heterocycles. The number of nitrogens with one attached hydrogen (secondary N) is 1. The van der Waals surface area contributed by atoms with Crippen molar-refractivity contribution in [3.05, 3.63) is 78.4 Å². The molecule has 3 aromatic rings. The number of nitrogens with two attached hydrogens (primary N) is 2. The predicted octanol–water partition coefficient (Wildman–Crippen LogP) is 3.87. The molecule has 1 aromatic carbocycles. The Morgan fingerprint density at radius 2 is 1.91 bits per heavy atom. The summed E-state index contributed by atoms with van der Waals surface area (Å²) in [5.41, 5.74) is 9.95. The highest BCUT2D eigenvalue weighted by atomic mass is 15.4. The van der Waals surface area contributed by atoms with E-state index in [9.17, 15) is 0 Å².